The monoisotopic (exact) mass is 460 g/mol. The molecule has 0 saturated carbocycles. The van der Waals surface area contributed by atoms with Crippen molar-refractivity contribution in [2.45, 2.75) is 26.3 Å². The molecule has 2 fully saturated rings. The number of thiocarbonyl (C=S) groups is 1. The van der Waals surface area contributed by atoms with Gasteiger partial charge in [0.05, 0.1) is 13.2 Å². The largest absolute Gasteiger partial charge is 0.378 e. The zero-order valence-electron chi connectivity index (χ0n) is 17.8. The maximum absolute atomic E-state index is 6.24. The third-order valence-electron chi connectivity index (χ3n) is 5.64. The minimum atomic E-state index is 0.469. The van der Waals surface area contributed by atoms with E-state index in [-0.39, 0.29) is 0 Å². The van der Waals surface area contributed by atoms with Crippen molar-refractivity contribution in [1.82, 2.24) is 15.3 Å². The van der Waals surface area contributed by atoms with Crippen LogP contribution in [0.15, 0.2) is 30.3 Å². The molecule has 31 heavy (non-hydrogen) atoms. The highest BCUT2D eigenvalue weighted by molar-refractivity contribution is 7.80. The van der Waals surface area contributed by atoms with Gasteiger partial charge >= 0.3 is 0 Å². The van der Waals surface area contributed by atoms with Gasteiger partial charge in [0.25, 0.3) is 0 Å². The molecule has 1 atom stereocenters. The number of ether oxygens (including phenoxy) is 1. The SMILES string of the molecule is CC1CCCN(c2cc(N3CCOCC3)nc(NC(=S)NCc3ccccc3Cl)n2)C1. The molecule has 166 valence electrons. The molecule has 1 aromatic carbocycles. The number of morpholine rings is 1. The molecule has 0 amide bonds. The maximum atomic E-state index is 6.24. The van der Waals surface area contributed by atoms with E-state index in [4.69, 9.17) is 38.5 Å². The molecule has 9 heteroatoms. The van der Waals surface area contributed by atoms with Crippen LogP contribution in [0.3, 0.4) is 0 Å². The van der Waals surface area contributed by atoms with E-state index in [0.717, 1.165) is 43.4 Å². The number of aromatic nitrogens is 2. The lowest BCUT2D eigenvalue weighted by atomic mass is 10.0. The summed E-state index contributed by atoms with van der Waals surface area (Å²) in [6.45, 7) is 7.91. The topological polar surface area (TPSA) is 65.6 Å². The van der Waals surface area contributed by atoms with Crippen LogP contribution in [0.4, 0.5) is 17.6 Å². The normalized spacial score (nSPS) is 19.2. The van der Waals surface area contributed by atoms with Crippen molar-refractivity contribution >= 4 is 46.5 Å². The van der Waals surface area contributed by atoms with Gasteiger partial charge in [0.1, 0.15) is 11.6 Å². The van der Waals surface area contributed by atoms with Crippen LogP contribution in [0, 0.1) is 5.92 Å². The maximum Gasteiger partial charge on any atom is 0.232 e. The summed E-state index contributed by atoms with van der Waals surface area (Å²) in [5, 5.41) is 7.56. The van der Waals surface area contributed by atoms with Crippen molar-refractivity contribution in [3.05, 3.63) is 40.9 Å². The second-order valence-electron chi connectivity index (χ2n) is 8.10. The summed E-state index contributed by atoms with van der Waals surface area (Å²) in [7, 11) is 0. The Kier molecular flexibility index (Phi) is 7.42. The second-order valence-corrected chi connectivity index (χ2v) is 8.92. The third kappa shape index (κ3) is 5.96. The molecule has 0 spiro atoms. The Morgan fingerprint density at radius 1 is 1.16 bits per heavy atom. The van der Waals surface area contributed by atoms with Gasteiger partial charge in [-0.05, 0) is 42.6 Å². The molecule has 3 heterocycles. The van der Waals surface area contributed by atoms with Gasteiger partial charge in [0.2, 0.25) is 5.95 Å². The molecule has 2 N–H and O–H groups in total. The summed E-state index contributed by atoms with van der Waals surface area (Å²) in [4.78, 5) is 14.1. The van der Waals surface area contributed by atoms with Crippen molar-refractivity contribution < 1.29 is 4.74 Å². The molecule has 1 aromatic heterocycles. The fraction of sp³-hybridized carbons (Fsp3) is 0.500. The Balaban J connectivity index is 1.50. The molecule has 0 aliphatic carbocycles. The van der Waals surface area contributed by atoms with Crippen molar-refractivity contribution in [2.24, 2.45) is 5.92 Å². The number of piperidine rings is 1. The molecule has 1 unspecified atom stereocenters. The van der Waals surface area contributed by atoms with Gasteiger partial charge < -0.3 is 25.2 Å². The summed E-state index contributed by atoms with van der Waals surface area (Å²) < 4.78 is 5.51. The third-order valence-corrected chi connectivity index (χ3v) is 6.25. The Hall–Kier alpha value is -2.16. The van der Waals surface area contributed by atoms with Gasteiger partial charge in [-0.3, -0.25) is 0 Å². The number of rotatable bonds is 5. The Morgan fingerprint density at radius 2 is 1.90 bits per heavy atom. The van der Waals surface area contributed by atoms with Crippen LogP contribution in [-0.2, 0) is 11.3 Å². The zero-order valence-corrected chi connectivity index (χ0v) is 19.4. The van der Waals surface area contributed by atoms with Gasteiger partial charge in [-0.15, -0.1) is 0 Å². The van der Waals surface area contributed by atoms with Crippen LogP contribution in [0.25, 0.3) is 0 Å². The highest BCUT2D eigenvalue weighted by atomic mass is 35.5. The van der Waals surface area contributed by atoms with E-state index in [1.807, 2.05) is 24.3 Å². The Morgan fingerprint density at radius 3 is 2.65 bits per heavy atom. The fourth-order valence-corrected chi connectivity index (χ4v) is 4.32. The number of hydrogen-bond donors (Lipinski definition) is 2. The number of hydrogen-bond acceptors (Lipinski definition) is 6. The van der Waals surface area contributed by atoms with Crippen molar-refractivity contribution in [1.29, 1.82) is 0 Å². The summed E-state index contributed by atoms with van der Waals surface area (Å²) in [5.41, 5.74) is 0.985. The summed E-state index contributed by atoms with van der Waals surface area (Å²) >= 11 is 11.7. The lowest BCUT2D eigenvalue weighted by Gasteiger charge is -2.33. The Bertz CT molecular complexity index is 907. The minimum Gasteiger partial charge on any atom is -0.378 e. The highest BCUT2D eigenvalue weighted by Gasteiger charge is 2.21. The van der Waals surface area contributed by atoms with E-state index in [1.54, 1.807) is 0 Å². The van der Waals surface area contributed by atoms with E-state index >= 15 is 0 Å². The minimum absolute atomic E-state index is 0.469. The molecule has 2 aliphatic rings. The summed E-state index contributed by atoms with van der Waals surface area (Å²) in [5.74, 6) is 3.02. The molecular formula is C22H29ClN6OS. The van der Waals surface area contributed by atoms with Gasteiger partial charge in [-0.25, -0.2) is 0 Å². The molecule has 7 nitrogen and oxygen atoms in total. The molecular weight excluding hydrogens is 432 g/mol. The standard InChI is InChI=1S/C22H29ClN6OS/c1-16-5-4-8-29(15-16)20-13-19(28-9-11-30-12-10-28)25-21(26-20)27-22(31)24-14-17-6-2-3-7-18(17)23/h2-3,6-7,13,16H,4-5,8-12,14-15H2,1H3,(H2,24,25,26,27,31). The fourth-order valence-electron chi connectivity index (χ4n) is 3.95. The van der Waals surface area contributed by atoms with E-state index < -0.39 is 0 Å². The summed E-state index contributed by atoms with van der Waals surface area (Å²) in [6, 6.07) is 9.81. The number of benzene rings is 1. The predicted octanol–water partition coefficient (Wildman–Crippen LogP) is 3.69. The van der Waals surface area contributed by atoms with Crippen molar-refractivity contribution in [3.8, 4) is 0 Å². The summed E-state index contributed by atoms with van der Waals surface area (Å²) in [6.07, 6.45) is 2.44. The second kappa shape index (κ2) is 10.4. The van der Waals surface area contributed by atoms with Gasteiger partial charge in [0, 0.05) is 43.8 Å². The van der Waals surface area contributed by atoms with Crippen LogP contribution in [0.1, 0.15) is 25.3 Å². The quantitative estimate of drug-likeness (QED) is 0.655. The zero-order chi connectivity index (χ0) is 21.6. The molecule has 4 rings (SSSR count). The van der Waals surface area contributed by atoms with Crippen LogP contribution < -0.4 is 20.4 Å². The predicted molar refractivity (Wildman–Crippen MR) is 130 cm³/mol. The van der Waals surface area contributed by atoms with Crippen LogP contribution >= 0.6 is 23.8 Å². The van der Waals surface area contributed by atoms with E-state index in [1.165, 1.54) is 12.8 Å². The lowest BCUT2D eigenvalue weighted by molar-refractivity contribution is 0.122. The first-order valence-electron chi connectivity index (χ1n) is 10.8. The molecule has 0 radical (unpaired) electrons. The molecule has 2 saturated heterocycles. The van der Waals surface area contributed by atoms with Gasteiger partial charge in [-0.1, -0.05) is 36.7 Å². The van der Waals surface area contributed by atoms with Gasteiger partial charge in [-0.2, -0.15) is 9.97 Å². The number of nitrogens with one attached hydrogen (secondary N) is 2. The average molecular weight is 461 g/mol. The first kappa shape index (κ1) is 22.0. The highest BCUT2D eigenvalue weighted by Crippen LogP contribution is 2.26. The van der Waals surface area contributed by atoms with E-state index in [0.29, 0.717) is 41.8 Å². The van der Waals surface area contributed by atoms with Gasteiger partial charge in [0.15, 0.2) is 5.11 Å². The number of anilines is 3. The van der Waals surface area contributed by atoms with Crippen LogP contribution in [-0.4, -0.2) is 54.5 Å². The van der Waals surface area contributed by atoms with Crippen molar-refractivity contribution in [2.75, 3.05) is 54.5 Å². The Labute approximate surface area is 194 Å². The molecule has 2 aromatic rings. The number of nitrogens with zero attached hydrogens (tertiary/aromatic N) is 4. The number of halogens is 1. The van der Waals surface area contributed by atoms with E-state index in [2.05, 4.69) is 33.4 Å². The van der Waals surface area contributed by atoms with Crippen molar-refractivity contribution in [3.63, 3.8) is 0 Å². The first-order chi connectivity index (χ1) is 15.1. The molecule has 2 aliphatic heterocycles. The van der Waals surface area contributed by atoms with E-state index in [9.17, 15) is 0 Å². The van der Waals surface area contributed by atoms with Crippen LogP contribution in [0.5, 0.6) is 0 Å². The smallest absolute Gasteiger partial charge is 0.232 e. The average Bonchev–Trinajstić information content (AvgIpc) is 2.79. The first-order valence-corrected chi connectivity index (χ1v) is 11.6. The molecule has 0 bridgehead atoms. The van der Waals surface area contributed by atoms with Crippen LogP contribution in [0.2, 0.25) is 5.02 Å². The lowest BCUT2D eigenvalue weighted by Crippen LogP contribution is -2.38.